The second-order valence-electron chi connectivity index (χ2n) is 6.16. The number of rotatable bonds is 4. The molecule has 0 aliphatic carbocycles. The van der Waals surface area contributed by atoms with Gasteiger partial charge in [0, 0.05) is 37.5 Å². The van der Waals surface area contributed by atoms with Gasteiger partial charge in [-0.2, -0.15) is 5.10 Å². The van der Waals surface area contributed by atoms with Crippen molar-refractivity contribution in [3.8, 4) is 0 Å². The van der Waals surface area contributed by atoms with E-state index in [4.69, 9.17) is 5.10 Å². The second kappa shape index (κ2) is 6.08. The first-order valence-corrected chi connectivity index (χ1v) is 8.01. The molecule has 0 amide bonds. The summed E-state index contributed by atoms with van der Waals surface area (Å²) < 4.78 is 13.1. The van der Waals surface area contributed by atoms with Gasteiger partial charge in [0.1, 0.15) is 5.82 Å². The first kappa shape index (κ1) is 14.3. The van der Waals surface area contributed by atoms with Crippen molar-refractivity contribution < 1.29 is 4.39 Å². The van der Waals surface area contributed by atoms with Crippen LogP contribution in [0.2, 0.25) is 0 Å². The first-order chi connectivity index (χ1) is 11.3. The van der Waals surface area contributed by atoms with E-state index in [-0.39, 0.29) is 5.82 Å². The van der Waals surface area contributed by atoms with E-state index in [9.17, 15) is 4.39 Å². The van der Waals surface area contributed by atoms with Crippen molar-refractivity contribution in [2.45, 2.75) is 24.9 Å². The minimum Gasteiger partial charge on any atom is -0.312 e. The molecular formula is C18H19FN4. The third-order valence-electron chi connectivity index (χ3n) is 4.57. The van der Waals surface area contributed by atoms with Crippen molar-refractivity contribution in [3.63, 3.8) is 0 Å². The molecule has 1 atom stereocenters. The monoisotopic (exact) mass is 310 g/mol. The zero-order valence-corrected chi connectivity index (χ0v) is 12.8. The van der Waals surface area contributed by atoms with Crippen LogP contribution in [0, 0.1) is 5.82 Å². The lowest BCUT2D eigenvalue weighted by molar-refractivity contribution is 0.115. The molecule has 1 unspecified atom stereocenters. The molecular weight excluding hydrogens is 291 g/mol. The van der Waals surface area contributed by atoms with Crippen molar-refractivity contribution in [3.05, 3.63) is 65.7 Å². The van der Waals surface area contributed by atoms with Crippen LogP contribution in [0.3, 0.4) is 0 Å². The maximum absolute atomic E-state index is 13.1. The molecule has 1 saturated heterocycles. The summed E-state index contributed by atoms with van der Waals surface area (Å²) in [6.07, 6.45) is 5.41. The predicted octanol–water partition coefficient (Wildman–Crippen LogP) is 2.21. The fourth-order valence-corrected chi connectivity index (χ4v) is 3.20. The van der Waals surface area contributed by atoms with Gasteiger partial charge in [0.2, 0.25) is 0 Å². The highest BCUT2D eigenvalue weighted by Gasteiger charge is 2.35. The standard InChI is InChI=1S/C18H19FN4/c19-15-3-1-13(2-4-15)9-16-10-18(14-5-7-20-8-6-14)22-23(16)17-11-21-12-17/h1-8,16-17,21H,9-12H2. The molecule has 2 aliphatic rings. The van der Waals surface area contributed by atoms with Crippen LogP contribution in [0.4, 0.5) is 4.39 Å². The van der Waals surface area contributed by atoms with Crippen LogP contribution in [0.25, 0.3) is 0 Å². The molecule has 4 rings (SSSR count). The fourth-order valence-electron chi connectivity index (χ4n) is 3.20. The lowest BCUT2D eigenvalue weighted by Crippen LogP contribution is -2.57. The van der Waals surface area contributed by atoms with E-state index in [2.05, 4.69) is 15.3 Å². The molecule has 0 radical (unpaired) electrons. The molecule has 118 valence electrons. The summed E-state index contributed by atoms with van der Waals surface area (Å²) in [5, 5.41) is 10.4. The van der Waals surface area contributed by atoms with Gasteiger partial charge >= 0.3 is 0 Å². The molecule has 0 saturated carbocycles. The van der Waals surface area contributed by atoms with Gasteiger partial charge in [0.25, 0.3) is 0 Å². The SMILES string of the molecule is Fc1ccc(CC2CC(c3ccncc3)=NN2C2CNC2)cc1. The van der Waals surface area contributed by atoms with Crippen LogP contribution in [0.15, 0.2) is 53.9 Å². The maximum atomic E-state index is 13.1. The Balaban J connectivity index is 1.55. The van der Waals surface area contributed by atoms with Crippen LogP contribution in [-0.4, -0.2) is 40.9 Å². The molecule has 1 aromatic carbocycles. The van der Waals surface area contributed by atoms with Gasteiger partial charge in [0.15, 0.2) is 0 Å². The highest BCUT2D eigenvalue weighted by atomic mass is 19.1. The summed E-state index contributed by atoms with van der Waals surface area (Å²) in [4.78, 5) is 4.08. The number of benzene rings is 1. The lowest BCUT2D eigenvalue weighted by atomic mass is 9.97. The van der Waals surface area contributed by atoms with Gasteiger partial charge < -0.3 is 5.32 Å². The number of hydrogen-bond acceptors (Lipinski definition) is 4. The summed E-state index contributed by atoms with van der Waals surface area (Å²) in [5.74, 6) is -0.186. The van der Waals surface area contributed by atoms with Gasteiger partial charge in [-0.15, -0.1) is 0 Å². The molecule has 1 aromatic heterocycles. The second-order valence-corrected chi connectivity index (χ2v) is 6.16. The van der Waals surface area contributed by atoms with Crippen molar-refractivity contribution in [1.29, 1.82) is 0 Å². The highest BCUT2D eigenvalue weighted by molar-refractivity contribution is 6.01. The van der Waals surface area contributed by atoms with Crippen LogP contribution >= 0.6 is 0 Å². The number of nitrogens with zero attached hydrogens (tertiary/aromatic N) is 3. The van der Waals surface area contributed by atoms with E-state index < -0.39 is 0 Å². The molecule has 3 heterocycles. The molecule has 1 fully saturated rings. The Morgan fingerprint density at radius 1 is 1.09 bits per heavy atom. The third kappa shape index (κ3) is 2.97. The van der Waals surface area contributed by atoms with Crippen molar-refractivity contribution in [2.75, 3.05) is 13.1 Å². The summed E-state index contributed by atoms with van der Waals surface area (Å²) >= 11 is 0. The molecule has 2 aromatic rings. The Morgan fingerprint density at radius 3 is 2.48 bits per heavy atom. The largest absolute Gasteiger partial charge is 0.312 e. The molecule has 1 N–H and O–H groups in total. The molecule has 4 nitrogen and oxygen atoms in total. The topological polar surface area (TPSA) is 40.5 Å². The third-order valence-corrected chi connectivity index (χ3v) is 4.57. The summed E-state index contributed by atoms with van der Waals surface area (Å²) in [6, 6.07) is 11.6. The lowest BCUT2D eigenvalue weighted by Gasteiger charge is -2.38. The molecule has 0 spiro atoms. The van der Waals surface area contributed by atoms with Gasteiger partial charge in [-0.05, 0) is 36.2 Å². The number of aromatic nitrogens is 1. The molecule has 0 bridgehead atoms. The number of hydrazone groups is 1. The first-order valence-electron chi connectivity index (χ1n) is 8.01. The Kier molecular flexibility index (Phi) is 3.79. The zero-order valence-electron chi connectivity index (χ0n) is 12.8. The minimum absolute atomic E-state index is 0.186. The smallest absolute Gasteiger partial charge is 0.123 e. The average molecular weight is 310 g/mol. The molecule has 2 aliphatic heterocycles. The molecule has 5 heteroatoms. The van der Waals surface area contributed by atoms with Crippen molar-refractivity contribution in [2.24, 2.45) is 5.10 Å². The minimum atomic E-state index is -0.186. The van der Waals surface area contributed by atoms with E-state index in [1.165, 1.54) is 12.1 Å². The Labute approximate surface area is 135 Å². The predicted molar refractivity (Wildman–Crippen MR) is 87.8 cm³/mol. The van der Waals surface area contributed by atoms with Gasteiger partial charge in [-0.3, -0.25) is 9.99 Å². The normalized spacial score (nSPS) is 21.2. The van der Waals surface area contributed by atoms with Crippen LogP contribution < -0.4 is 5.32 Å². The number of pyridine rings is 1. The zero-order chi connectivity index (χ0) is 15.6. The highest BCUT2D eigenvalue weighted by Crippen LogP contribution is 2.26. The Hall–Kier alpha value is -2.27. The van der Waals surface area contributed by atoms with Crippen LogP contribution in [-0.2, 0) is 6.42 Å². The maximum Gasteiger partial charge on any atom is 0.123 e. The van der Waals surface area contributed by atoms with Gasteiger partial charge in [-0.25, -0.2) is 4.39 Å². The summed E-state index contributed by atoms with van der Waals surface area (Å²) in [7, 11) is 0. The van der Waals surface area contributed by atoms with Gasteiger partial charge in [0.05, 0.1) is 17.8 Å². The molecule has 23 heavy (non-hydrogen) atoms. The number of nitrogens with one attached hydrogen (secondary N) is 1. The van der Waals surface area contributed by atoms with Crippen molar-refractivity contribution >= 4 is 5.71 Å². The van der Waals surface area contributed by atoms with Gasteiger partial charge in [-0.1, -0.05) is 12.1 Å². The van der Waals surface area contributed by atoms with Crippen molar-refractivity contribution in [1.82, 2.24) is 15.3 Å². The van der Waals surface area contributed by atoms with E-state index in [0.29, 0.717) is 12.1 Å². The Morgan fingerprint density at radius 2 is 1.83 bits per heavy atom. The van der Waals surface area contributed by atoms with E-state index >= 15 is 0 Å². The van der Waals surface area contributed by atoms with E-state index in [1.807, 2.05) is 24.3 Å². The number of hydrogen-bond donors (Lipinski definition) is 1. The summed E-state index contributed by atoms with van der Waals surface area (Å²) in [6.45, 7) is 1.96. The summed E-state index contributed by atoms with van der Waals surface area (Å²) in [5.41, 5.74) is 3.41. The van der Waals surface area contributed by atoms with Crippen LogP contribution in [0.1, 0.15) is 17.5 Å². The number of halogens is 1. The average Bonchev–Trinajstić information content (AvgIpc) is 2.92. The van der Waals surface area contributed by atoms with Crippen LogP contribution in [0.5, 0.6) is 0 Å². The quantitative estimate of drug-likeness (QED) is 0.941. The van der Waals surface area contributed by atoms with E-state index in [1.54, 1.807) is 12.4 Å². The van der Waals surface area contributed by atoms with E-state index in [0.717, 1.165) is 42.8 Å². The fraction of sp³-hybridized carbons (Fsp3) is 0.333. The Bertz CT molecular complexity index is 695.